The maximum Gasteiger partial charge on any atom is 0.0417 e. The minimum absolute atomic E-state index is 0.257. The molecule has 0 unspecified atom stereocenters. The number of pyridine rings is 1. The van der Waals surface area contributed by atoms with Gasteiger partial charge in [-0.05, 0) is 53.7 Å². The molecule has 2 saturated carbocycles. The van der Waals surface area contributed by atoms with E-state index in [4.69, 9.17) is 4.98 Å². The van der Waals surface area contributed by atoms with Crippen molar-refractivity contribution in [1.82, 2.24) is 4.98 Å². The normalized spacial score (nSPS) is 32.8. The van der Waals surface area contributed by atoms with Crippen molar-refractivity contribution in [3.05, 3.63) is 66.0 Å². The topological polar surface area (TPSA) is 12.9 Å². The van der Waals surface area contributed by atoms with E-state index in [1.165, 1.54) is 30.5 Å². The van der Waals surface area contributed by atoms with Crippen LogP contribution >= 0.6 is 11.8 Å². The molecule has 0 radical (unpaired) electrons. The summed E-state index contributed by atoms with van der Waals surface area (Å²) in [5.41, 5.74) is 3.45. The summed E-state index contributed by atoms with van der Waals surface area (Å²) in [7, 11) is 0. The number of nitrogens with zero attached hydrogens (tertiary/aromatic N) is 1. The Morgan fingerprint density at radius 3 is 2.44 bits per heavy atom. The molecule has 0 amide bonds. The molecule has 2 bridgehead atoms. The zero-order valence-corrected chi connectivity index (χ0v) is 16.5. The molecular formula is C23H29NS. The average molecular weight is 352 g/mol. The molecule has 0 spiro atoms. The maximum atomic E-state index is 4.71. The zero-order chi connectivity index (χ0) is 17.5. The van der Waals surface area contributed by atoms with Crippen molar-refractivity contribution >= 4 is 11.8 Å². The van der Waals surface area contributed by atoms with Crippen LogP contribution in [0, 0.1) is 16.7 Å². The first-order chi connectivity index (χ1) is 12.0. The summed E-state index contributed by atoms with van der Waals surface area (Å²) in [5.74, 6) is 1.95. The third kappa shape index (κ3) is 2.65. The molecule has 0 aliphatic heterocycles. The largest absolute Gasteiger partial charge is 0.261 e. The first-order valence-electron chi connectivity index (χ1n) is 9.55. The Bertz CT molecular complexity index is 720. The minimum Gasteiger partial charge on any atom is -0.261 e. The molecule has 2 heteroatoms. The highest BCUT2D eigenvalue weighted by Crippen LogP contribution is 2.73. The highest BCUT2D eigenvalue weighted by molar-refractivity contribution is 8.00. The SMILES string of the molecule is CC1(C)[C@H]2CC[C@](C)(C2)[C@@]1(Cc1ccccn1)SCc1ccccc1. The summed E-state index contributed by atoms with van der Waals surface area (Å²) in [6.07, 6.45) is 7.20. The maximum absolute atomic E-state index is 4.71. The van der Waals surface area contributed by atoms with E-state index in [0.29, 0.717) is 10.8 Å². The predicted molar refractivity (Wildman–Crippen MR) is 108 cm³/mol. The van der Waals surface area contributed by atoms with Crippen molar-refractivity contribution in [3.63, 3.8) is 0 Å². The Labute approximate surface area is 156 Å². The van der Waals surface area contributed by atoms with Crippen LogP contribution in [0.1, 0.15) is 51.3 Å². The highest BCUT2D eigenvalue weighted by atomic mass is 32.2. The summed E-state index contributed by atoms with van der Waals surface area (Å²) < 4.78 is 0.257. The summed E-state index contributed by atoms with van der Waals surface area (Å²) in [5, 5.41) is 0. The van der Waals surface area contributed by atoms with Gasteiger partial charge in [-0.15, -0.1) is 11.8 Å². The van der Waals surface area contributed by atoms with Crippen LogP contribution in [0.3, 0.4) is 0 Å². The molecule has 2 aliphatic rings. The van der Waals surface area contributed by atoms with Crippen molar-refractivity contribution in [2.24, 2.45) is 16.7 Å². The van der Waals surface area contributed by atoms with Crippen LogP contribution in [0.5, 0.6) is 0 Å². The lowest BCUT2D eigenvalue weighted by Gasteiger charge is -2.54. The predicted octanol–water partition coefficient (Wildman–Crippen LogP) is 6.14. The van der Waals surface area contributed by atoms with Crippen LogP contribution in [-0.2, 0) is 12.2 Å². The van der Waals surface area contributed by atoms with Gasteiger partial charge in [-0.3, -0.25) is 4.98 Å². The Balaban J connectivity index is 1.70. The van der Waals surface area contributed by atoms with Crippen molar-refractivity contribution in [3.8, 4) is 0 Å². The van der Waals surface area contributed by atoms with E-state index in [1.807, 2.05) is 12.3 Å². The van der Waals surface area contributed by atoms with Crippen LogP contribution in [0.25, 0.3) is 0 Å². The number of thioether (sulfide) groups is 1. The van der Waals surface area contributed by atoms with Crippen LogP contribution < -0.4 is 0 Å². The molecule has 1 aromatic heterocycles. The molecular weight excluding hydrogens is 322 g/mol. The van der Waals surface area contributed by atoms with Crippen molar-refractivity contribution in [2.45, 2.75) is 57.0 Å². The van der Waals surface area contributed by atoms with Gasteiger partial charge in [0.2, 0.25) is 0 Å². The number of fused-ring (bicyclic) bond motifs is 2. The zero-order valence-electron chi connectivity index (χ0n) is 15.7. The summed E-state index contributed by atoms with van der Waals surface area (Å²) in [6.45, 7) is 7.62. The third-order valence-corrected chi connectivity index (χ3v) is 9.40. The van der Waals surface area contributed by atoms with Gasteiger partial charge in [0.25, 0.3) is 0 Å². The molecule has 25 heavy (non-hydrogen) atoms. The first kappa shape index (κ1) is 17.1. The molecule has 0 saturated heterocycles. The van der Waals surface area contributed by atoms with Gasteiger partial charge in [0, 0.05) is 28.8 Å². The Morgan fingerprint density at radius 2 is 1.80 bits per heavy atom. The molecule has 2 aromatic rings. The van der Waals surface area contributed by atoms with Crippen molar-refractivity contribution in [1.29, 1.82) is 0 Å². The van der Waals surface area contributed by atoms with Gasteiger partial charge in [0.15, 0.2) is 0 Å². The number of hydrogen-bond acceptors (Lipinski definition) is 2. The summed E-state index contributed by atoms with van der Waals surface area (Å²) in [4.78, 5) is 4.71. The second kappa shape index (κ2) is 6.16. The van der Waals surface area contributed by atoms with E-state index >= 15 is 0 Å². The van der Waals surface area contributed by atoms with Crippen LogP contribution in [0.15, 0.2) is 54.7 Å². The molecule has 1 heterocycles. The average Bonchev–Trinajstić information content (AvgIpc) is 3.10. The fourth-order valence-electron chi connectivity index (χ4n) is 5.72. The molecule has 132 valence electrons. The quantitative estimate of drug-likeness (QED) is 0.641. The van der Waals surface area contributed by atoms with Gasteiger partial charge < -0.3 is 0 Å². The molecule has 1 aromatic carbocycles. The van der Waals surface area contributed by atoms with E-state index < -0.39 is 0 Å². The molecule has 2 aliphatic carbocycles. The lowest BCUT2D eigenvalue weighted by atomic mass is 9.61. The minimum atomic E-state index is 0.257. The Kier molecular flexibility index (Phi) is 4.22. The highest BCUT2D eigenvalue weighted by Gasteiger charge is 2.68. The fourth-order valence-corrected chi connectivity index (χ4v) is 7.65. The first-order valence-corrected chi connectivity index (χ1v) is 10.5. The second-order valence-electron chi connectivity index (χ2n) is 8.82. The smallest absolute Gasteiger partial charge is 0.0417 e. The number of hydrogen-bond donors (Lipinski definition) is 0. The van der Waals surface area contributed by atoms with Gasteiger partial charge in [-0.25, -0.2) is 0 Å². The molecule has 0 N–H and O–H groups in total. The Morgan fingerprint density at radius 1 is 1.04 bits per heavy atom. The van der Waals surface area contributed by atoms with Gasteiger partial charge in [-0.2, -0.15) is 0 Å². The molecule has 3 atom stereocenters. The van der Waals surface area contributed by atoms with Gasteiger partial charge in [0.1, 0.15) is 0 Å². The lowest BCUT2D eigenvalue weighted by Crippen LogP contribution is -2.53. The van der Waals surface area contributed by atoms with Crippen LogP contribution in [0.2, 0.25) is 0 Å². The van der Waals surface area contributed by atoms with Gasteiger partial charge in [0.05, 0.1) is 0 Å². The standard InChI is InChI=1S/C23H29NS/c1-21(2)19-12-13-22(3,15-19)23(21,16-20-11-7-8-14-24-20)25-17-18-9-5-4-6-10-18/h4-11,14,19H,12-13,15-17H2,1-3H3/t19-,22+,23-/m0/s1. The van der Waals surface area contributed by atoms with E-state index in [-0.39, 0.29) is 4.75 Å². The number of aromatic nitrogens is 1. The number of benzene rings is 1. The fraction of sp³-hybridized carbons (Fsp3) is 0.522. The molecule has 1 nitrogen and oxygen atoms in total. The summed E-state index contributed by atoms with van der Waals surface area (Å²) >= 11 is 2.21. The van der Waals surface area contributed by atoms with Gasteiger partial charge in [-0.1, -0.05) is 57.2 Å². The van der Waals surface area contributed by atoms with E-state index in [9.17, 15) is 0 Å². The Hall–Kier alpha value is -1.28. The summed E-state index contributed by atoms with van der Waals surface area (Å²) in [6, 6.07) is 17.4. The van der Waals surface area contributed by atoms with E-state index in [1.54, 1.807) is 0 Å². The molecule has 4 rings (SSSR count). The van der Waals surface area contributed by atoms with E-state index in [0.717, 1.165) is 18.1 Å². The second-order valence-corrected chi connectivity index (χ2v) is 10.1. The monoisotopic (exact) mass is 351 g/mol. The van der Waals surface area contributed by atoms with Crippen molar-refractivity contribution < 1.29 is 0 Å². The number of rotatable bonds is 5. The van der Waals surface area contributed by atoms with E-state index in [2.05, 4.69) is 75.0 Å². The van der Waals surface area contributed by atoms with Gasteiger partial charge >= 0.3 is 0 Å². The molecule has 2 fully saturated rings. The lowest BCUT2D eigenvalue weighted by molar-refractivity contribution is 0.107. The van der Waals surface area contributed by atoms with Crippen LogP contribution in [-0.4, -0.2) is 9.73 Å². The van der Waals surface area contributed by atoms with Crippen LogP contribution in [0.4, 0.5) is 0 Å². The van der Waals surface area contributed by atoms with Crippen molar-refractivity contribution in [2.75, 3.05) is 0 Å². The third-order valence-electron chi connectivity index (χ3n) is 7.26.